The second-order valence-corrected chi connectivity index (χ2v) is 7.98. The van der Waals surface area contributed by atoms with Crippen LogP contribution in [0.1, 0.15) is 28.8 Å². The van der Waals surface area contributed by atoms with Gasteiger partial charge in [0.05, 0.1) is 18.2 Å². The molecule has 1 N–H and O–H groups in total. The average Bonchev–Trinajstić information content (AvgIpc) is 2.85. The van der Waals surface area contributed by atoms with Gasteiger partial charge in [-0.3, -0.25) is 20.0 Å². The number of hydrogen-bond acceptors (Lipinski definition) is 3. The van der Waals surface area contributed by atoms with E-state index in [0.29, 0.717) is 31.6 Å². The minimum Gasteiger partial charge on any atom is -0.338 e. The van der Waals surface area contributed by atoms with Crippen molar-refractivity contribution >= 4 is 17.5 Å². The SMILES string of the molecule is O=C(NN(Cc1ccccc1)c1ccccc1)[C@@H]1CCCN(C(=O)c2ccc(F)cc2)C1. The third-order valence-corrected chi connectivity index (χ3v) is 5.67. The summed E-state index contributed by atoms with van der Waals surface area (Å²) in [6.07, 6.45) is 1.46. The highest BCUT2D eigenvalue weighted by Gasteiger charge is 2.30. The van der Waals surface area contributed by atoms with Crippen molar-refractivity contribution in [1.82, 2.24) is 10.3 Å². The average molecular weight is 432 g/mol. The van der Waals surface area contributed by atoms with E-state index < -0.39 is 0 Å². The number of nitrogens with zero attached hydrogens (tertiary/aromatic N) is 2. The van der Waals surface area contributed by atoms with Crippen LogP contribution in [0.15, 0.2) is 84.9 Å². The molecule has 1 fully saturated rings. The molecule has 2 amide bonds. The lowest BCUT2D eigenvalue weighted by Crippen LogP contribution is -2.50. The lowest BCUT2D eigenvalue weighted by molar-refractivity contribution is -0.126. The first kappa shape index (κ1) is 21.6. The molecule has 1 heterocycles. The molecule has 0 aromatic heterocycles. The third kappa shape index (κ3) is 5.32. The van der Waals surface area contributed by atoms with Crippen molar-refractivity contribution in [3.8, 4) is 0 Å². The summed E-state index contributed by atoms with van der Waals surface area (Å²) in [7, 11) is 0. The number of nitrogens with one attached hydrogen (secondary N) is 1. The van der Waals surface area contributed by atoms with Gasteiger partial charge in [-0.25, -0.2) is 4.39 Å². The van der Waals surface area contributed by atoms with Gasteiger partial charge >= 0.3 is 0 Å². The number of carbonyl (C=O) groups excluding carboxylic acids is 2. The van der Waals surface area contributed by atoms with Crippen molar-refractivity contribution in [2.75, 3.05) is 18.1 Å². The number of hydrazine groups is 1. The van der Waals surface area contributed by atoms with E-state index in [9.17, 15) is 14.0 Å². The van der Waals surface area contributed by atoms with E-state index in [4.69, 9.17) is 0 Å². The van der Waals surface area contributed by atoms with Crippen LogP contribution in [0.25, 0.3) is 0 Å². The molecule has 0 radical (unpaired) electrons. The predicted molar refractivity (Wildman–Crippen MR) is 122 cm³/mol. The monoisotopic (exact) mass is 431 g/mol. The van der Waals surface area contributed by atoms with Crippen LogP contribution in [0.4, 0.5) is 10.1 Å². The number of halogens is 1. The molecule has 3 aromatic rings. The standard InChI is InChI=1S/C26H26FN3O2/c27-23-15-13-21(14-16-23)26(32)29-17-7-10-22(19-29)25(31)28-30(24-11-5-2-6-12-24)18-20-8-3-1-4-9-20/h1-6,8-9,11-16,22H,7,10,17-19H2,(H,28,31)/t22-/m1/s1. The van der Waals surface area contributed by atoms with E-state index >= 15 is 0 Å². The van der Waals surface area contributed by atoms with Crippen LogP contribution in [0, 0.1) is 11.7 Å². The van der Waals surface area contributed by atoms with Gasteiger partial charge in [-0.05, 0) is 54.8 Å². The highest BCUT2D eigenvalue weighted by atomic mass is 19.1. The Bertz CT molecular complexity index is 1040. The Balaban J connectivity index is 1.45. The Hall–Kier alpha value is -3.67. The first-order chi connectivity index (χ1) is 15.6. The lowest BCUT2D eigenvalue weighted by atomic mass is 9.96. The van der Waals surface area contributed by atoms with E-state index in [0.717, 1.165) is 17.7 Å². The van der Waals surface area contributed by atoms with E-state index in [2.05, 4.69) is 5.43 Å². The highest BCUT2D eigenvalue weighted by molar-refractivity contribution is 5.94. The highest BCUT2D eigenvalue weighted by Crippen LogP contribution is 2.21. The number of rotatable bonds is 6. The van der Waals surface area contributed by atoms with E-state index in [-0.39, 0.29) is 23.5 Å². The van der Waals surface area contributed by atoms with Crippen molar-refractivity contribution in [1.29, 1.82) is 0 Å². The maximum atomic E-state index is 13.2. The fraction of sp³-hybridized carbons (Fsp3) is 0.231. The minimum absolute atomic E-state index is 0.110. The van der Waals surface area contributed by atoms with Gasteiger partial charge in [0.25, 0.3) is 5.91 Å². The number of benzene rings is 3. The van der Waals surface area contributed by atoms with Crippen molar-refractivity contribution in [3.63, 3.8) is 0 Å². The van der Waals surface area contributed by atoms with Gasteiger partial charge in [0.2, 0.25) is 5.91 Å². The zero-order valence-electron chi connectivity index (χ0n) is 17.8. The quantitative estimate of drug-likeness (QED) is 0.588. The van der Waals surface area contributed by atoms with Gasteiger partial charge in [0.1, 0.15) is 5.82 Å². The number of anilines is 1. The number of likely N-dealkylation sites (tertiary alicyclic amines) is 1. The Labute approximate surface area is 187 Å². The van der Waals surface area contributed by atoms with Crippen molar-refractivity contribution in [2.45, 2.75) is 19.4 Å². The Morgan fingerprint density at radius 2 is 1.59 bits per heavy atom. The summed E-state index contributed by atoms with van der Waals surface area (Å²) < 4.78 is 13.2. The molecule has 0 aliphatic carbocycles. The van der Waals surface area contributed by atoms with Crippen LogP contribution < -0.4 is 10.4 Å². The van der Waals surface area contributed by atoms with Gasteiger partial charge in [-0.15, -0.1) is 0 Å². The van der Waals surface area contributed by atoms with E-state index in [1.807, 2.05) is 65.7 Å². The lowest BCUT2D eigenvalue weighted by Gasteiger charge is -2.34. The molecule has 5 nitrogen and oxygen atoms in total. The van der Waals surface area contributed by atoms with Crippen LogP contribution in [-0.4, -0.2) is 29.8 Å². The first-order valence-corrected chi connectivity index (χ1v) is 10.8. The molecule has 4 rings (SSSR count). The molecule has 0 spiro atoms. The van der Waals surface area contributed by atoms with Crippen LogP contribution in [0.2, 0.25) is 0 Å². The van der Waals surface area contributed by atoms with E-state index in [1.54, 1.807) is 4.90 Å². The molecule has 1 atom stereocenters. The number of amides is 2. The summed E-state index contributed by atoms with van der Waals surface area (Å²) in [5.41, 5.74) is 5.46. The smallest absolute Gasteiger partial charge is 0.253 e. The summed E-state index contributed by atoms with van der Waals surface area (Å²) in [5.74, 6) is -0.972. The fourth-order valence-electron chi connectivity index (χ4n) is 3.94. The van der Waals surface area contributed by atoms with E-state index in [1.165, 1.54) is 24.3 Å². The molecule has 6 heteroatoms. The minimum atomic E-state index is -0.378. The molecule has 32 heavy (non-hydrogen) atoms. The maximum absolute atomic E-state index is 13.2. The molecule has 0 saturated carbocycles. The zero-order valence-corrected chi connectivity index (χ0v) is 17.8. The Kier molecular flexibility index (Phi) is 6.80. The molecular weight excluding hydrogens is 405 g/mol. The Morgan fingerprint density at radius 1 is 0.938 bits per heavy atom. The van der Waals surface area contributed by atoms with Crippen molar-refractivity contribution < 1.29 is 14.0 Å². The summed E-state index contributed by atoms with van der Waals surface area (Å²) in [6.45, 7) is 1.46. The molecule has 1 aliphatic rings. The molecule has 1 saturated heterocycles. The summed E-state index contributed by atoms with van der Waals surface area (Å²) in [4.78, 5) is 27.7. The van der Waals surface area contributed by atoms with Crippen LogP contribution >= 0.6 is 0 Å². The predicted octanol–water partition coefficient (Wildman–Crippen LogP) is 4.42. The van der Waals surface area contributed by atoms with Crippen LogP contribution in [0.5, 0.6) is 0 Å². The molecule has 3 aromatic carbocycles. The number of carbonyl (C=O) groups is 2. The molecule has 1 aliphatic heterocycles. The van der Waals surface area contributed by atoms with Crippen molar-refractivity contribution in [2.24, 2.45) is 5.92 Å². The van der Waals surface area contributed by atoms with Gasteiger partial charge < -0.3 is 4.90 Å². The van der Waals surface area contributed by atoms with Gasteiger partial charge in [0.15, 0.2) is 0 Å². The molecule has 164 valence electrons. The van der Waals surface area contributed by atoms with Crippen LogP contribution in [-0.2, 0) is 11.3 Å². The number of para-hydroxylation sites is 1. The largest absolute Gasteiger partial charge is 0.338 e. The Morgan fingerprint density at radius 3 is 2.28 bits per heavy atom. The second-order valence-electron chi connectivity index (χ2n) is 7.98. The van der Waals surface area contributed by atoms with Crippen molar-refractivity contribution in [3.05, 3.63) is 102 Å². The summed E-state index contributed by atoms with van der Waals surface area (Å²) in [5, 5.41) is 1.85. The zero-order chi connectivity index (χ0) is 22.3. The van der Waals surface area contributed by atoms with Gasteiger partial charge in [0, 0.05) is 18.7 Å². The van der Waals surface area contributed by atoms with Crippen LogP contribution in [0.3, 0.4) is 0 Å². The maximum Gasteiger partial charge on any atom is 0.253 e. The molecular formula is C26H26FN3O2. The normalized spacial score (nSPS) is 15.8. The summed E-state index contributed by atoms with van der Waals surface area (Å²) in [6, 6.07) is 25.2. The molecule has 0 bridgehead atoms. The molecule has 0 unspecified atom stereocenters. The fourth-order valence-corrected chi connectivity index (χ4v) is 3.94. The number of hydrogen-bond donors (Lipinski definition) is 1. The topological polar surface area (TPSA) is 52.7 Å². The summed E-state index contributed by atoms with van der Waals surface area (Å²) >= 11 is 0. The third-order valence-electron chi connectivity index (χ3n) is 5.67. The first-order valence-electron chi connectivity index (χ1n) is 10.8. The number of piperidine rings is 1. The second kappa shape index (κ2) is 10.1. The van der Waals surface area contributed by atoms with Gasteiger partial charge in [-0.2, -0.15) is 0 Å². The van der Waals surface area contributed by atoms with Gasteiger partial charge in [-0.1, -0.05) is 48.5 Å².